The maximum Gasteiger partial charge on any atom is 0.148 e. The number of hydrogen-bond donors (Lipinski definition) is 1. The standard InChI is InChI=1S/C60H56N3O.Pt/c1-38(2)40-23-25-42(26-24-40)44-29-30-61-53(36-44)47-34-45(41-17-12-10-13-18-41)33-46(35-47)49-21-16-22-55-56(49)62-58(51-31-39(3)32-52(57(51)64)60(7,8)9)63(55)54-28-27-48(59(4,5)6)37-50(54)43-19-14-11-15-20-43;/h10-34,36-38,64H,1-9H3;/q-1;/i4D3,5D3,6D3,38D;. The fraction of sp³-hybridized carbons (Fsp3) is 0.200. The normalized spacial score (nSPS) is 14.9. The topological polar surface area (TPSA) is 50.9 Å². The molecule has 0 fully saturated rings. The quantitative estimate of drug-likeness (QED) is 0.154. The van der Waals surface area contributed by atoms with Crippen LogP contribution in [0, 0.1) is 13.0 Å². The van der Waals surface area contributed by atoms with Crippen LogP contribution in [0.5, 0.6) is 5.75 Å². The van der Waals surface area contributed by atoms with E-state index in [0.717, 1.165) is 38.9 Å². The minimum Gasteiger partial charge on any atom is -0.507 e. The Morgan fingerprint density at radius 3 is 1.98 bits per heavy atom. The van der Waals surface area contributed by atoms with Gasteiger partial charge in [0, 0.05) is 57.8 Å². The molecule has 0 saturated heterocycles. The Labute approximate surface area is 413 Å². The van der Waals surface area contributed by atoms with Crippen molar-refractivity contribution in [3.05, 3.63) is 192 Å². The molecule has 4 nitrogen and oxygen atoms in total. The second-order valence-corrected chi connectivity index (χ2v) is 17.8. The second kappa shape index (κ2) is 17.9. The third-order valence-electron chi connectivity index (χ3n) is 11.8. The Morgan fingerprint density at radius 1 is 0.631 bits per heavy atom. The Balaban J connectivity index is 0.00000747. The van der Waals surface area contributed by atoms with Crippen molar-refractivity contribution in [1.29, 1.82) is 0 Å². The van der Waals surface area contributed by atoms with Gasteiger partial charge in [-0.2, -0.15) is 0 Å². The van der Waals surface area contributed by atoms with E-state index in [1.165, 1.54) is 12.1 Å². The largest absolute Gasteiger partial charge is 0.507 e. The van der Waals surface area contributed by atoms with Crippen molar-refractivity contribution in [1.82, 2.24) is 14.5 Å². The van der Waals surface area contributed by atoms with Crippen LogP contribution in [0.25, 0.3) is 83.9 Å². The average molecular weight is 1040 g/mol. The van der Waals surface area contributed by atoms with Crippen molar-refractivity contribution >= 4 is 11.0 Å². The maximum atomic E-state index is 12.4. The Hall–Kier alpha value is -6.35. The van der Waals surface area contributed by atoms with E-state index in [0.29, 0.717) is 61.6 Å². The molecule has 328 valence electrons. The maximum absolute atomic E-state index is 12.4. The van der Waals surface area contributed by atoms with Crippen molar-refractivity contribution in [2.75, 3.05) is 0 Å². The summed E-state index contributed by atoms with van der Waals surface area (Å²) in [6.07, 6.45) is 1.78. The first-order valence-electron chi connectivity index (χ1n) is 26.5. The van der Waals surface area contributed by atoms with Crippen LogP contribution >= 0.6 is 0 Å². The van der Waals surface area contributed by atoms with Gasteiger partial charge in [0.1, 0.15) is 11.6 Å². The summed E-state index contributed by atoms with van der Waals surface area (Å²) in [4.78, 5) is 10.3. The molecule has 5 heteroatoms. The number of phenolic OH excluding ortho intramolecular Hbond substituents is 1. The molecule has 65 heavy (non-hydrogen) atoms. The number of pyridine rings is 1. The smallest absolute Gasteiger partial charge is 0.148 e. The van der Waals surface area contributed by atoms with Crippen LogP contribution in [0.3, 0.4) is 0 Å². The molecule has 9 rings (SSSR count). The van der Waals surface area contributed by atoms with Crippen molar-refractivity contribution in [2.24, 2.45) is 0 Å². The van der Waals surface area contributed by atoms with Crippen molar-refractivity contribution in [3.63, 3.8) is 0 Å². The zero-order valence-electron chi connectivity index (χ0n) is 47.2. The molecule has 0 saturated carbocycles. The van der Waals surface area contributed by atoms with E-state index in [9.17, 15) is 5.11 Å². The molecule has 0 atom stereocenters. The van der Waals surface area contributed by atoms with Crippen LogP contribution in [0.2, 0.25) is 0 Å². The molecular weight excluding hydrogens is 974 g/mol. The molecule has 0 radical (unpaired) electrons. The SMILES string of the molecule is [2H]C(C)(C)c1ccc(-c2ccnc(-c3[c-]c(-c4cccc5c4nc(-c4cc(C)cc(C(C)(C)C)c4O)n5-c4ccc(C(C([2H])([2H])[2H])(C([2H])([2H])[2H])C([2H])([2H])[2H])cc4-c4ccccc4)cc(-c4ccccc4)c3)c2)cc1.[Pt]. The van der Waals surface area contributed by atoms with E-state index >= 15 is 0 Å². The van der Waals surface area contributed by atoms with E-state index in [4.69, 9.17) is 23.7 Å². The molecule has 0 aliphatic carbocycles. The molecule has 0 spiro atoms. The van der Waals surface area contributed by atoms with Crippen molar-refractivity contribution < 1.29 is 39.9 Å². The predicted molar refractivity (Wildman–Crippen MR) is 268 cm³/mol. The van der Waals surface area contributed by atoms with Crippen LogP contribution < -0.4 is 0 Å². The Morgan fingerprint density at radius 2 is 1.31 bits per heavy atom. The van der Waals surface area contributed by atoms with Gasteiger partial charge in [-0.15, -0.1) is 23.8 Å². The number of nitrogens with zero attached hydrogens (tertiary/aromatic N) is 3. The molecule has 0 aliphatic rings. The number of para-hydroxylation sites is 1. The van der Waals surface area contributed by atoms with Gasteiger partial charge in [0.05, 0.1) is 22.3 Å². The zero-order valence-corrected chi connectivity index (χ0v) is 39.5. The summed E-state index contributed by atoms with van der Waals surface area (Å²) in [5, 5.41) is 12.4. The third kappa shape index (κ3) is 9.02. The average Bonchev–Trinajstić information content (AvgIpc) is 3.73. The second-order valence-electron chi connectivity index (χ2n) is 17.8. The summed E-state index contributed by atoms with van der Waals surface area (Å²) in [6.45, 7) is 1.22. The minimum absolute atomic E-state index is 0. The van der Waals surface area contributed by atoms with Crippen molar-refractivity contribution in [3.8, 4) is 78.6 Å². The Kier molecular flexibility index (Phi) is 9.38. The van der Waals surface area contributed by atoms with Gasteiger partial charge in [-0.25, -0.2) is 4.98 Å². The number of rotatable bonds is 8. The zero-order chi connectivity index (χ0) is 53.3. The van der Waals surface area contributed by atoms with Gasteiger partial charge in [-0.3, -0.25) is 9.55 Å². The molecular formula is C60H56N3OPt-. The fourth-order valence-electron chi connectivity index (χ4n) is 8.48. The summed E-state index contributed by atoms with van der Waals surface area (Å²) in [7, 11) is 0. The number of fused-ring (bicyclic) bond motifs is 1. The van der Waals surface area contributed by atoms with E-state index in [2.05, 4.69) is 18.2 Å². The molecule has 0 aliphatic heterocycles. The first kappa shape index (κ1) is 34.1. The molecule has 2 heterocycles. The van der Waals surface area contributed by atoms with E-state index in [-0.39, 0.29) is 26.8 Å². The molecule has 0 bridgehead atoms. The van der Waals surface area contributed by atoms with Crippen LogP contribution in [0.4, 0.5) is 0 Å². The number of phenols is 1. The first-order valence-corrected chi connectivity index (χ1v) is 21.5. The fourth-order valence-corrected chi connectivity index (χ4v) is 8.48. The number of aromatic nitrogens is 3. The summed E-state index contributed by atoms with van der Waals surface area (Å²) in [5.74, 6) is -0.410. The van der Waals surface area contributed by atoms with Gasteiger partial charge in [0.2, 0.25) is 0 Å². The minimum atomic E-state index is -3.50. The van der Waals surface area contributed by atoms with Gasteiger partial charge in [-0.1, -0.05) is 187 Å². The third-order valence-corrected chi connectivity index (χ3v) is 11.8. The molecule has 9 aromatic rings. The van der Waals surface area contributed by atoms with E-state index in [1.807, 2.05) is 149 Å². The van der Waals surface area contributed by atoms with Crippen LogP contribution in [0.1, 0.15) is 97.0 Å². The summed E-state index contributed by atoms with van der Waals surface area (Å²) in [6, 6.07) is 52.6. The van der Waals surface area contributed by atoms with Crippen LogP contribution in [-0.2, 0) is 31.9 Å². The van der Waals surface area contributed by atoms with Gasteiger partial charge in [-0.05, 0) is 92.9 Å². The number of imidazole rings is 1. The first-order chi connectivity index (χ1) is 34.7. The molecule has 7 aromatic carbocycles. The van der Waals surface area contributed by atoms with E-state index in [1.54, 1.807) is 36.5 Å². The Bertz CT molecular complexity index is 3520. The van der Waals surface area contributed by atoms with Gasteiger partial charge in [0.25, 0.3) is 0 Å². The number of benzene rings is 7. The summed E-state index contributed by atoms with van der Waals surface area (Å²) in [5.41, 5.74) is 7.66. The molecule has 0 amide bonds. The van der Waals surface area contributed by atoms with Gasteiger partial charge in [0.15, 0.2) is 0 Å². The molecule has 0 unspecified atom stereocenters. The van der Waals surface area contributed by atoms with Gasteiger partial charge >= 0.3 is 0 Å². The monoisotopic (exact) mass is 1040 g/mol. The van der Waals surface area contributed by atoms with Crippen LogP contribution in [0.15, 0.2) is 164 Å². The number of aromatic hydroxyl groups is 1. The predicted octanol–water partition coefficient (Wildman–Crippen LogP) is 16.0. The summed E-state index contributed by atoms with van der Waals surface area (Å²) < 4.78 is 87.8. The summed E-state index contributed by atoms with van der Waals surface area (Å²) >= 11 is 0. The molecule has 1 N–H and O–H groups in total. The number of hydrogen-bond acceptors (Lipinski definition) is 3. The van der Waals surface area contributed by atoms with Crippen LogP contribution in [-0.4, -0.2) is 19.6 Å². The van der Waals surface area contributed by atoms with Gasteiger partial charge < -0.3 is 5.11 Å². The molecule has 2 aromatic heterocycles. The van der Waals surface area contributed by atoms with E-state index < -0.39 is 42.8 Å². The number of aryl methyl sites for hydroxylation is 1. The van der Waals surface area contributed by atoms with Crippen molar-refractivity contribution in [2.45, 2.75) is 78.8 Å².